The number of anilines is 2. The number of amides is 1. The van der Waals surface area contributed by atoms with Gasteiger partial charge in [-0.2, -0.15) is 0 Å². The largest absolute Gasteiger partial charge is 0.493 e. The van der Waals surface area contributed by atoms with Crippen molar-refractivity contribution in [2.75, 3.05) is 37.9 Å². The summed E-state index contributed by atoms with van der Waals surface area (Å²) in [6, 6.07) is 22.2. The van der Waals surface area contributed by atoms with Crippen molar-refractivity contribution in [3.05, 3.63) is 83.4 Å². The Morgan fingerprint density at radius 1 is 0.889 bits per heavy atom. The number of carbonyl (C=O) groups excluding carboxylic acids is 1. The summed E-state index contributed by atoms with van der Waals surface area (Å²) in [6.07, 6.45) is 5.25. The Balaban J connectivity index is 1.49. The molecule has 0 bridgehead atoms. The van der Waals surface area contributed by atoms with E-state index in [0.29, 0.717) is 22.8 Å². The summed E-state index contributed by atoms with van der Waals surface area (Å²) in [5, 5.41) is 6.54. The predicted molar refractivity (Wildman–Crippen MR) is 145 cm³/mol. The number of nitrogens with zero attached hydrogens (tertiary/aromatic N) is 1. The normalized spacial score (nSPS) is 17.1. The van der Waals surface area contributed by atoms with Crippen LogP contribution in [-0.2, 0) is 11.3 Å². The molecule has 186 valence electrons. The van der Waals surface area contributed by atoms with Crippen LogP contribution in [0.15, 0.2) is 66.7 Å². The molecule has 0 atom stereocenters. The molecule has 3 aromatic carbocycles. The fourth-order valence-corrected chi connectivity index (χ4v) is 5.02. The first-order valence-corrected chi connectivity index (χ1v) is 12.6. The van der Waals surface area contributed by atoms with Crippen LogP contribution in [0.2, 0.25) is 0 Å². The first-order valence-electron chi connectivity index (χ1n) is 12.6. The molecule has 5 rings (SSSR count). The van der Waals surface area contributed by atoms with Gasteiger partial charge in [0.25, 0.3) is 5.91 Å². The van der Waals surface area contributed by atoms with Gasteiger partial charge in [-0.3, -0.25) is 9.69 Å². The lowest BCUT2D eigenvalue weighted by Gasteiger charge is -2.20. The van der Waals surface area contributed by atoms with Crippen molar-refractivity contribution < 1.29 is 14.3 Å². The van der Waals surface area contributed by atoms with E-state index in [1.54, 1.807) is 20.3 Å². The summed E-state index contributed by atoms with van der Waals surface area (Å²) in [7, 11) is 3.19. The molecule has 36 heavy (non-hydrogen) atoms. The minimum Gasteiger partial charge on any atom is -0.493 e. The zero-order chi connectivity index (χ0) is 24.9. The molecule has 0 saturated carbocycles. The van der Waals surface area contributed by atoms with Gasteiger partial charge in [-0.15, -0.1) is 0 Å². The van der Waals surface area contributed by atoms with Crippen molar-refractivity contribution in [1.29, 1.82) is 0 Å². The smallest absolute Gasteiger partial charge is 0.258 e. The van der Waals surface area contributed by atoms with Gasteiger partial charge in [0.1, 0.15) is 0 Å². The zero-order valence-corrected chi connectivity index (χ0v) is 21.0. The van der Waals surface area contributed by atoms with Gasteiger partial charge < -0.3 is 20.1 Å². The van der Waals surface area contributed by atoms with Gasteiger partial charge in [0, 0.05) is 23.9 Å². The second-order valence-corrected chi connectivity index (χ2v) is 9.34. The van der Waals surface area contributed by atoms with Gasteiger partial charge in [0.05, 0.1) is 31.2 Å². The van der Waals surface area contributed by atoms with E-state index in [-0.39, 0.29) is 5.91 Å². The molecule has 2 heterocycles. The third kappa shape index (κ3) is 5.09. The van der Waals surface area contributed by atoms with Gasteiger partial charge in [-0.1, -0.05) is 55.3 Å². The molecule has 3 aromatic rings. The highest BCUT2D eigenvalue weighted by atomic mass is 16.5. The van der Waals surface area contributed by atoms with Crippen LogP contribution in [0, 0.1) is 0 Å². The van der Waals surface area contributed by atoms with Gasteiger partial charge in [0.2, 0.25) is 0 Å². The first kappa shape index (κ1) is 23.9. The Kier molecular flexibility index (Phi) is 7.23. The number of benzene rings is 3. The third-order valence-corrected chi connectivity index (χ3v) is 6.91. The maximum Gasteiger partial charge on any atom is 0.258 e. The number of carbonyl (C=O) groups is 1. The van der Waals surface area contributed by atoms with E-state index in [2.05, 4.69) is 39.8 Å². The van der Waals surface area contributed by atoms with Crippen molar-refractivity contribution >= 4 is 28.6 Å². The second-order valence-electron chi connectivity index (χ2n) is 9.34. The molecular formula is C30H33N3O3. The van der Waals surface area contributed by atoms with Crippen LogP contribution in [0.3, 0.4) is 0 Å². The molecule has 1 amide bonds. The maximum absolute atomic E-state index is 13.2. The molecule has 0 aromatic heterocycles. The van der Waals surface area contributed by atoms with Crippen LogP contribution < -0.4 is 20.1 Å². The lowest BCUT2D eigenvalue weighted by Crippen LogP contribution is -2.23. The molecule has 0 spiro atoms. The quantitative estimate of drug-likeness (QED) is 0.403. The number of fused-ring (bicyclic) bond motifs is 1. The molecule has 0 aliphatic carbocycles. The van der Waals surface area contributed by atoms with E-state index in [4.69, 9.17) is 9.47 Å². The Morgan fingerprint density at radius 3 is 2.22 bits per heavy atom. The molecule has 2 N–H and O–H groups in total. The zero-order valence-electron chi connectivity index (χ0n) is 21.0. The van der Waals surface area contributed by atoms with Crippen LogP contribution in [-0.4, -0.2) is 38.1 Å². The molecule has 1 saturated heterocycles. The Bertz CT molecular complexity index is 1240. The summed E-state index contributed by atoms with van der Waals surface area (Å²) >= 11 is 0. The molecule has 1 fully saturated rings. The Morgan fingerprint density at radius 2 is 1.56 bits per heavy atom. The van der Waals surface area contributed by atoms with Crippen molar-refractivity contribution in [3.8, 4) is 11.5 Å². The number of hydrogen-bond donors (Lipinski definition) is 2. The maximum atomic E-state index is 13.2. The molecule has 2 aliphatic rings. The third-order valence-electron chi connectivity index (χ3n) is 6.91. The summed E-state index contributed by atoms with van der Waals surface area (Å²) in [5.41, 5.74) is 5.97. The average molecular weight is 484 g/mol. The van der Waals surface area contributed by atoms with Crippen LogP contribution in [0.1, 0.15) is 42.4 Å². The first-order chi connectivity index (χ1) is 17.7. The van der Waals surface area contributed by atoms with Gasteiger partial charge in [0.15, 0.2) is 11.5 Å². The monoisotopic (exact) mass is 483 g/mol. The summed E-state index contributed by atoms with van der Waals surface area (Å²) in [5.74, 6) is 0.993. The van der Waals surface area contributed by atoms with E-state index in [0.717, 1.165) is 29.1 Å². The second kappa shape index (κ2) is 10.9. The minimum absolute atomic E-state index is 0.163. The topological polar surface area (TPSA) is 62.8 Å². The number of methoxy groups -OCH3 is 2. The van der Waals surface area contributed by atoms with Crippen LogP contribution in [0.25, 0.3) is 11.3 Å². The van der Waals surface area contributed by atoms with Crippen molar-refractivity contribution in [1.82, 2.24) is 4.90 Å². The molecule has 6 nitrogen and oxygen atoms in total. The van der Waals surface area contributed by atoms with E-state index in [1.165, 1.54) is 44.3 Å². The summed E-state index contributed by atoms with van der Waals surface area (Å²) < 4.78 is 11.0. The molecule has 2 aliphatic heterocycles. The van der Waals surface area contributed by atoms with Crippen LogP contribution >= 0.6 is 0 Å². The van der Waals surface area contributed by atoms with Gasteiger partial charge in [-0.25, -0.2) is 0 Å². The summed E-state index contributed by atoms with van der Waals surface area (Å²) in [6.45, 7) is 3.32. The highest BCUT2D eigenvalue weighted by Crippen LogP contribution is 2.43. The standard InChI is InChI=1S/C30H33N3O3/c1-35-26-18-24-25(19-27(26)36-2)32-30(34)28(24)29(22-10-6-5-7-11-22)31-23-14-12-21(13-15-23)20-33-16-8-3-4-9-17-33/h5-7,10-15,18-19,31H,3-4,8-9,16-17,20H2,1-2H3,(H,32,34)/b29-28+. The lowest BCUT2D eigenvalue weighted by atomic mass is 9.99. The number of ether oxygens (including phenoxy) is 2. The van der Waals surface area contributed by atoms with Crippen LogP contribution in [0.5, 0.6) is 11.5 Å². The molecule has 0 unspecified atom stereocenters. The number of rotatable bonds is 7. The van der Waals surface area contributed by atoms with E-state index in [9.17, 15) is 4.79 Å². The van der Waals surface area contributed by atoms with E-state index >= 15 is 0 Å². The number of likely N-dealkylation sites (tertiary alicyclic amines) is 1. The highest BCUT2D eigenvalue weighted by molar-refractivity contribution is 6.37. The van der Waals surface area contributed by atoms with Crippen molar-refractivity contribution in [2.24, 2.45) is 0 Å². The van der Waals surface area contributed by atoms with Gasteiger partial charge >= 0.3 is 0 Å². The summed E-state index contributed by atoms with van der Waals surface area (Å²) in [4.78, 5) is 15.8. The number of hydrogen-bond acceptors (Lipinski definition) is 5. The fraction of sp³-hybridized carbons (Fsp3) is 0.300. The molecule has 0 radical (unpaired) electrons. The highest BCUT2D eigenvalue weighted by Gasteiger charge is 2.30. The van der Waals surface area contributed by atoms with Crippen LogP contribution in [0.4, 0.5) is 11.4 Å². The fourth-order valence-electron chi connectivity index (χ4n) is 5.02. The minimum atomic E-state index is -0.163. The SMILES string of the molecule is COc1cc2c(cc1OC)/C(=C(\Nc1ccc(CN3CCCCCC3)cc1)c1ccccc1)C(=O)N2. The van der Waals surface area contributed by atoms with Crippen molar-refractivity contribution in [3.63, 3.8) is 0 Å². The average Bonchev–Trinajstić information content (AvgIpc) is 3.05. The molecule has 6 heteroatoms. The van der Waals surface area contributed by atoms with E-state index in [1.807, 2.05) is 36.4 Å². The van der Waals surface area contributed by atoms with Gasteiger partial charge in [-0.05, 0) is 55.3 Å². The van der Waals surface area contributed by atoms with Crippen molar-refractivity contribution in [2.45, 2.75) is 32.2 Å². The Hall–Kier alpha value is -3.77. The Labute approximate surface area is 212 Å². The predicted octanol–water partition coefficient (Wildman–Crippen LogP) is 6.01. The lowest BCUT2D eigenvalue weighted by molar-refractivity contribution is -0.110. The number of nitrogens with one attached hydrogen (secondary N) is 2. The molecular weight excluding hydrogens is 450 g/mol. The van der Waals surface area contributed by atoms with E-state index < -0.39 is 0 Å².